The van der Waals surface area contributed by atoms with Crippen LogP contribution in [0, 0.1) is 0 Å². The molecule has 0 atom stereocenters. The van der Waals surface area contributed by atoms with E-state index in [-0.39, 0.29) is 11.1 Å². The smallest absolute Gasteiger partial charge is 0.335 e. The zero-order valence-electron chi connectivity index (χ0n) is 18.9. The summed E-state index contributed by atoms with van der Waals surface area (Å²) in [6, 6.07) is 23.9. The van der Waals surface area contributed by atoms with Gasteiger partial charge in [-0.2, -0.15) is 4.21 Å². The van der Waals surface area contributed by atoms with E-state index in [9.17, 15) is 9.59 Å². The van der Waals surface area contributed by atoms with Crippen LogP contribution in [0.25, 0.3) is 22.3 Å². The summed E-state index contributed by atoms with van der Waals surface area (Å²) in [7, 11) is 0. The van der Waals surface area contributed by atoms with Crippen LogP contribution in [0.4, 0.5) is 22.7 Å². The van der Waals surface area contributed by atoms with Crippen molar-refractivity contribution in [1.29, 1.82) is 0 Å². The summed E-state index contributed by atoms with van der Waals surface area (Å²) < 4.78 is 7.83. The minimum atomic E-state index is -0.937. The summed E-state index contributed by atoms with van der Waals surface area (Å²) in [4.78, 5) is 21.4. The van der Waals surface area contributed by atoms with Gasteiger partial charge in [-0.1, -0.05) is 36.4 Å². The molecule has 0 bridgehead atoms. The Bertz CT molecular complexity index is 1260. The molecule has 0 radical (unpaired) electrons. The molecule has 0 aliphatic carbocycles. The van der Waals surface area contributed by atoms with E-state index in [1.165, 1.54) is 0 Å². The van der Waals surface area contributed by atoms with Crippen molar-refractivity contribution in [1.82, 2.24) is 0 Å². The van der Waals surface area contributed by atoms with Crippen LogP contribution in [0.5, 0.6) is 0 Å². The van der Waals surface area contributed by atoms with Gasteiger partial charge in [0.15, 0.2) is 12.5 Å². The van der Waals surface area contributed by atoms with E-state index in [1.807, 2.05) is 12.1 Å². The number of rotatable bonds is 4. The lowest BCUT2D eigenvalue weighted by Gasteiger charge is -2.05. The number of aromatic carboxylic acids is 2. The molecule has 0 saturated carbocycles. The Hall–Kier alpha value is -4.96. The Morgan fingerprint density at radius 3 is 1.00 bits per heavy atom. The van der Waals surface area contributed by atoms with Crippen molar-refractivity contribution >= 4 is 47.2 Å². The van der Waals surface area contributed by atoms with Crippen LogP contribution in [0.2, 0.25) is 0 Å². The van der Waals surface area contributed by atoms with Crippen molar-refractivity contribution in [3.05, 3.63) is 96.1 Å². The third-order valence-corrected chi connectivity index (χ3v) is 5.10. The molecular formula is C26H24N4O5S. The highest BCUT2D eigenvalue weighted by atomic mass is 32.1. The molecule has 184 valence electrons. The molecule has 0 fully saturated rings. The second kappa shape index (κ2) is 12.5. The van der Waals surface area contributed by atoms with Gasteiger partial charge in [0, 0.05) is 0 Å². The van der Waals surface area contributed by atoms with Gasteiger partial charge in [0.2, 0.25) is 0 Å². The Labute approximate surface area is 212 Å². The highest BCUT2D eigenvalue weighted by Crippen LogP contribution is 2.26. The van der Waals surface area contributed by atoms with Gasteiger partial charge in [0.05, 0.1) is 33.9 Å². The molecule has 0 heterocycles. The van der Waals surface area contributed by atoms with Gasteiger partial charge in [0.1, 0.15) is 0 Å². The summed E-state index contributed by atoms with van der Waals surface area (Å²) in [5.74, 6) is -1.87. The van der Waals surface area contributed by atoms with E-state index >= 15 is 0 Å². The number of carbonyl (C=O) groups is 2. The normalized spacial score (nSPS) is 9.67. The minimum absolute atomic E-state index is 0.261. The molecular weight excluding hydrogens is 480 g/mol. The van der Waals surface area contributed by atoms with Crippen LogP contribution in [0.15, 0.2) is 84.9 Å². The lowest BCUT2D eigenvalue weighted by Crippen LogP contribution is -1.96. The zero-order valence-corrected chi connectivity index (χ0v) is 19.7. The second-order valence-electron chi connectivity index (χ2n) is 7.45. The lowest BCUT2D eigenvalue weighted by molar-refractivity contribution is 0.0686. The molecule has 0 saturated heterocycles. The highest BCUT2D eigenvalue weighted by Gasteiger charge is 2.05. The molecule has 36 heavy (non-hydrogen) atoms. The molecule has 0 aliphatic heterocycles. The molecule has 4 rings (SSSR count). The van der Waals surface area contributed by atoms with Crippen LogP contribution < -0.4 is 22.9 Å². The number of carboxylic acid groups (broad SMARTS) is 2. The maximum Gasteiger partial charge on any atom is 0.335 e. The van der Waals surface area contributed by atoms with Gasteiger partial charge >= 0.3 is 11.9 Å². The third-order valence-electron chi connectivity index (χ3n) is 5.10. The maximum atomic E-state index is 10.7. The number of hydrogen-bond donors (Lipinski definition) is 6. The standard InChI is InChI=1S/2C13H12N2O2.OS/c2*14-11-6-5-10(7-12(11)15)8-1-3-9(4-2-8)13(16)17;1-2/h2*1-7H,14-15H2,(H,16,17);. The van der Waals surface area contributed by atoms with Crippen LogP contribution in [-0.2, 0) is 12.5 Å². The molecule has 4 aromatic carbocycles. The quantitative estimate of drug-likeness (QED) is 0.220. The first kappa shape index (κ1) is 27.3. The molecule has 4 aromatic rings. The predicted molar refractivity (Wildman–Crippen MR) is 143 cm³/mol. The Balaban J connectivity index is 0.000000237. The second-order valence-corrected chi connectivity index (χ2v) is 7.45. The lowest BCUT2D eigenvalue weighted by atomic mass is 10.0. The molecule has 9 nitrogen and oxygen atoms in total. The Morgan fingerprint density at radius 2 is 0.750 bits per heavy atom. The Morgan fingerprint density at radius 1 is 0.472 bits per heavy atom. The number of carboxylic acids is 2. The molecule has 0 aromatic heterocycles. The van der Waals surface area contributed by atoms with E-state index in [0.717, 1.165) is 22.3 Å². The van der Waals surface area contributed by atoms with Crippen molar-refractivity contribution < 1.29 is 24.0 Å². The maximum absolute atomic E-state index is 10.7. The number of benzene rings is 4. The van der Waals surface area contributed by atoms with E-state index in [4.69, 9.17) is 37.4 Å². The highest BCUT2D eigenvalue weighted by molar-refractivity contribution is 7.44. The van der Waals surface area contributed by atoms with Gasteiger partial charge in [-0.05, 0) is 70.8 Å². The average Bonchev–Trinajstić information content (AvgIpc) is 2.89. The number of nitrogen functional groups attached to an aromatic ring is 4. The summed E-state index contributed by atoms with van der Waals surface area (Å²) in [5, 5.41) is 17.6. The first-order valence-electron chi connectivity index (χ1n) is 10.3. The monoisotopic (exact) mass is 504 g/mol. The molecule has 10 N–H and O–H groups in total. The van der Waals surface area contributed by atoms with E-state index in [1.54, 1.807) is 72.8 Å². The van der Waals surface area contributed by atoms with Crippen molar-refractivity contribution in [2.75, 3.05) is 22.9 Å². The molecule has 0 aliphatic rings. The fraction of sp³-hybridized carbons (Fsp3) is 0. The fourth-order valence-corrected chi connectivity index (χ4v) is 3.12. The van der Waals surface area contributed by atoms with Gasteiger partial charge in [0.25, 0.3) is 0 Å². The number of anilines is 4. The topological polar surface area (TPSA) is 196 Å². The van der Waals surface area contributed by atoms with Crippen LogP contribution in [0.1, 0.15) is 20.7 Å². The summed E-state index contributed by atoms with van der Waals surface area (Å²) in [6.07, 6.45) is 0. The van der Waals surface area contributed by atoms with Crippen LogP contribution >= 0.6 is 0 Å². The molecule has 0 amide bonds. The Kier molecular flexibility index (Phi) is 9.47. The van der Waals surface area contributed by atoms with Crippen molar-refractivity contribution in [2.24, 2.45) is 0 Å². The molecule has 0 spiro atoms. The van der Waals surface area contributed by atoms with Gasteiger partial charge in [-0.25, -0.2) is 9.59 Å². The molecule has 0 unspecified atom stereocenters. The summed E-state index contributed by atoms with van der Waals surface area (Å²) >= 11 is 2.83. The largest absolute Gasteiger partial charge is 0.478 e. The summed E-state index contributed by atoms with van der Waals surface area (Å²) in [5.41, 5.74) is 29.0. The molecule has 10 heteroatoms. The first-order chi connectivity index (χ1) is 17.2. The summed E-state index contributed by atoms with van der Waals surface area (Å²) in [6.45, 7) is 0. The van der Waals surface area contributed by atoms with Crippen molar-refractivity contribution in [3.63, 3.8) is 0 Å². The predicted octanol–water partition coefficient (Wildman–Crippen LogP) is 4.10. The zero-order chi connectivity index (χ0) is 26.8. The minimum Gasteiger partial charge on any atom is -0.478 e. The first-order valence-corrected chi connectivity index (χ1v) is 10.6. The number of nitrogens with two attached hydrogens (primary N) is 4. The van der Waals surface area contributed by atoms with Crippen LogP contribution in [0.3, 0.4) is 0 Å². The van der Waals surface area contributed by atoms with Gasteiger partial charge < -0.3 is 33.1 Å². The SMILES string of the molecule is Nc1ccc(-c2ccc(C(=O)O)cc2)cc1N.Nc1ccc(-c2ccc(C(=O)O)cc2)cc1N.O=S. The van der Waals surface area contributed by atoms with Crippen molar-refractivity contribution in [3.8, 4) is 22.3 Å². The van der Waals surface area contributed by atoms with Gasteiger partial charge in [-0.3, -0.25) is 0 Å². The van der Waals surface area contributed by atoms with Crippen LogP contribution in [-0.4, -0.2) is 26.4 Å². The third kappa shape index (κ3) is 7.02. The van der Waals surface area contributed by atoms with E-state index in [0.29, 0.717) is 22.7 Å². The fourth-order valence-electron chi connectivity index (χ4n) is 3.12. The average molecular weight is 505 g/mol. The van der Waals surface area contributed by atoms with E-state index < -0.39 is 11.9 Å². The van der Waals surface area contributed by atoms with Crippen molar-refractivity contribution in [2.45, 2.75) is 0 Å². The van der Waals surface area contributed by atoms with Gasteiger partial charge in [-0.15, -0.1) is 0 Å². The van der Waals surface area contributed by atoms with E-state index in [2.05, 4.69) is 12.5 Å². The number of hydrogen-bond acceptors (Lipinski definition) is 8.